The van der Waals surface area contributed by atoms with Gasteiger partial charge in [0.2, 0.25) is 5.91 Å². The van der Waals surface area contributed by atoms with E-state index in [1.165, 1.54) is 16.0 Å². The highest BCUT2D eigenvalue weighted by molar-refractivity contribution is 7.13. The predicted molar refractivity (Wildman–Crippen MR) is 85.1 cm³/mol. The summed E-state index contributed by atoms with van der Waals surface area (Å²) in [5, 5.41) is 3.21. The SMILES string of the molecule is Cc1ncsc1-c1ccccc1CC1CNC(C(N)=O)C1. The minimum atomic E-state index is -0.246. The first-order valence-corrected chi connectivity index (χ1v) is 8.04. The minimum absolute atomic E-state index is 0.174. The summed E-state index contributed by atoms with van der Waals surface area (Å²) < 4.78 is 0. The van der Waals surface area contributed by atoms with Gasteiger partial charge in [-0.05, 0) is 43.4 Å². The monoisotopic (exact) mass is 301 g/mol. The molecule has 1 amide bonds. The number of carbonyl (C=O) groups is 1. The number of nitrogens with one attached hydrogen (secondary N) is 1. The van der Waals surface area contributed by atoms with Crippen LogP contribution >= 0.6 is 11.3 Å². The molecule has 1 fully saturated rings. The number of hydrogen-bond donors (Lipinski definition) is 2. The molecular formula is C16H19N3OS. The lowest BCUT2D eigenvalue weighted by molar-refractivity contribution is -0.119. The highest BCUT2D eigenvalue weighted by atomic mass is 32.1. The van der Waals surface area contributed by atoms with Crippen LogP contribution in [0.25, 0.3) is 10.4 Å². The quantitative estimate of drug-likeness (QED) is 0.909. The molecular weight excluding hydrogens is 282 g/mol. The van der Waals surface area contributed by atoms with E-state index >= 15 is 0 Å². The summed E-state index contributed by atoms with van der Waals surface area (Å²) >= 11 is 1.68. The number of thiazole rings is 1. The molecule has 0 spiro atoms. The summed E-state index contributed by atoms with van der Waals surface area (Å²) in [6.45, 7) is 2.90. The third kappa shape index (κ3) is 2.99. The first kappa shape index (κ1) is 14.2. The van der Waals surface area contributed by atoms with Crippen LogP contribution in [-0.2, 0) is 11.2 Å². The highest BCUT2D eigenvalue weighted by Crippen LogP contribution is 2.32. The Labute approximate surface area is 128 Å². The van der Waals surface area contributed by atoms with E-state index in [-0.39, 0.29) is 11.9 Å². The molecule has 4 nitrogen and oxygen atoms in total. The molecule has 0 radical (unpaired) electrons. The fourth-order valence-corrected chi connectivity index (χ4v) is 3.84. The second-order valence-corrected chi connectivity index (χ2v) is 6.45. The highest BCUT2D eigenvalue weighted by Gasteiger charge is 2.28. The van der Waals surface area contributed by atoms with E-state index in [0.717, 1.165) is 25.1 Å². The second-order valence-electron chi connectivity index (χ2n) is 5.59. The maximum atomic E-state index is 11.3. The maximum absolute atomic E-state index is 11.3. The van der Waals surface area contributed by atoms with Crippen LogP contribution in [0.3, 0.4) is 0 Å². The van der Waals surface area contributed by atoms with Gasteiger partial charge in [0.05, 0.1) is 22.1 Å². The molecule has 1 aliphatic rings. The first-order valence-electron chi connectivity index (χ1n) is 7.16. The Morgan fingerprint density at radius 2 is 2.29 bits per heavy atom. The second kappa shape index (κ2) is 5.95. The summed E-state index contributed by atoms with van der Waals surface area (Å²) in [6.07, 6.45) is 1.79. The van der Waals surface area contributed by atoms with Gasteiger partial charge in [0.15, 0.2) is 0 Å². The zero-order chi connectivity index (χ0) is 14.8. The van der Waals surface area contributed by atoms with Crippen molar-refractivity contribution in [1.29, 1.82) is 0 Å². The molecule has 2 heterocycles. The van der Waals surface area contributed by atoms with Crippen molar-refractivity contribution in [2.75, 3.05) is 6.54 Å². The first-order chi connectivity index (χ1) is 10.1. The lowest BCUT2D eigenvalue weighted by Crippen LogP contribution is -2.36. The number of hydrogen-bond acceptors (Lipinski definition) is 4. The van der Waals surface area contributed by atoms with Gasteiger partial charge in [-0.2, -0.15) is 0 Å². The molecule has 3 rings (SSSR count). The zero-order valence-corrected chi connectivity index (χ0v) is 12.8. The summed E-state index contributed by atoms with van der Waals surface area (Å²) in [6, 6.07) is 8.29. The molecule has 1 aromatic carbocycles. The third-order valence-corrected chi connectivity index (χ3v) is 5.04. The van der Waals surface area contributed by atoms with Crippen LogP contribution in [-0.4, -0.2) is 23.5 Å². The molecule has 1 aromatic heterocycles. The number of nitrogens with two attached hydrogens (primary N) is 1. The largest absolute Gasteiger partial charge is 0.368 e. The fourth-order valence-electron chi connectivity index (χ4n) is 2.97. The van der Waals surface area contributed by atoms with Crippen LogP contribution in [0.4, 0.5) is 0 Å². The van der Waals surface area contributed by atoms with Crippen LogP contribution in [0.2, 0.25) is 0 Å². The van der Waals surface area contributed by atoms with Crippen LogP contribution in [0.15, 0.2) is 29.8 Å². The maximum Gasteiger partial charge on any atom is 0.234 e. The summed E-state index contributed by atoms with van der Waals surface area (Å²) in [4.78, 5) is 16.8. The van der Waals surface area contributed by atoms with E-state index in [2.05, 4.69) is 34.6 Å². The van der Waals surface area contributed by atoms with Crippen LogP contribution < -0.4 is 11.1 Å². The van der Waals surface area contributed by atoms with Crippen molar-refractivity contribution in [1.82, 2.24) is 10.3 Å². The molecule has 21 heavy (non-hydrogen) atoms. The van der Waals surface area contributed by atoms with Crippen molar-refractivity contribution in [2.45, 2.75) is 25.8 Å². The number of aryl methyl sites for hydroxylation is 1. The smallest absolute Gasteiger partial charge is 0.234 e. The van der Waals surface area contributed by atoms with Gasteiger partial charge in [-0.1, -0.05) is 24.3 Å². The Hall–Kier alpha value is -1.72. The number of primary amides is 1. The van der Waals surface area contributed by atoms with E-state index in [9.17, 15) is 4.79 Å². The molecule has 2 aromatic rings. The number of rotatable bonds is 4. The minimum Gasteiger partial charge on any atom is -0.368 e. The Balaban J connectivity index is 1.81. The van der Waals surface area contributed by atoms with Gasteiger partial charge in [-0.25, -0.2) is 4.98 Å². The molecule has 0 bridgehead atoms. The van der Waals surface area contributed by atoms with Crippen molar-refractivity contribution in [3.63, 3.8) is 0 Å². The molecule has 110 valence electrons. The van der Waals surface area contributed by atoms with Gasteiger partial charge in [-0.15, -0.1) is 11.3 Å². The van der Waals surface area contributed by atoms with Gasteiger partial charge >= 0.3 is 0 Å². The van der Waals surface area contributed by atoms with Crippen molar-refractivity contribution in [2.24, 2.45) is 11.7 Å². The summed E-state index contributed by atoms with van der Waals surface area (Å²) in [7, 11) is 0. The average molecular weight is 301 g/mol. The Kier molecular flexibility index (Phi) is 4.03. The summed E-state index contributed by atoms with van der Waals surface area (Å²) in [5.41, 5.74) is 10.9. The van der Waals surface area contributed by atoms with Gasteiger partial charge in [0, 0.05) is 0 Å². The number of aromatic nitrogens is 1. The number of nitrogens with zero attached hydrogens (tertiary/aromatic N) is 1. The van der Waals surface area contributed by atoms with E-state index in [1.807, 2.05) is 12.4 Å². The van der Waals surface area contributed by atoms with E-state index in [4.69, 9.17) is 5.73 Å². The van der Waals surface area contributed by atoms with Crippen molar-refractivity contribution >= 4 is 17.2 Å². The van der Waals surface area contributed by atoms with Crippen LogP contribution in [0.1, 0.15) is 17.7 Å². The molecule has 3 N–H and O–H groups in total. The average Bonchev–Trinajstić information content (AvgIpc) is 3.09. The van der Waals surface area contributed by atoms with E-state index in [0.29, 0.717) is 5.92 Å². The standard InChI is InChI=1S/C16H19N3OS/c1-10-15(21-9-19-10)13-5-3-2-4-12(13)6-11-7-14(16(17)20)18-8-11/h2-5,9,11,14,18H,6-8H2,1H3,(H2,17,20). The Morgan fingerprint density at radius 1 is 1.48 bits per heavy atom. The number of amides is 1. The van der Waals surface area contributed by atoms with Gasteiger partial charge < -0.3 is 11.1 Å². The molecule has 5 heteroatoms. The molecule has 1 aliphatic heterocycles. The van der Waals surface area contributed by atoms with Crippen molar-refractivity contribution in [3.8, 4) is 10.4 Å². The summed E-state index contributed by atoms with van der Waals surface area (Å²) in [5.74, 6) is 0.209. The molecule has 0 saturated carbocycles. The number of benzene rings is 1. The molecule has 2 atom stereocenters. The zero-order valence-electron chi connectivity index (χ0n) is 12.0. The predicted octanol–water partition coefficient (Wildman–Crippen LogP) is 2.12. The van der Waals surface area contributed by atoms with E-state index < -0.39 is 0 Å². The topological polar surface area (TPSA) is 68.0 Å². The third-order valence-electron chi connectivity index (χ3n) is 4.08. The molecule has 1 saturated heterocycles. The molecule has 2 unspecified atom stereocenters. The lowest BCUT2D eigenvalue weighted by Gasteiger charge is -2.13. The van der Waals surface area contributed by atoms with Gasteiger partial charge in [-0.3, -0.25) is 4.79 Å². The Bertz CT molecular complexity index is 652. The van der Waals surface area contributed by atoms with E-state index in [1.54, 1.807) is 11.3 Å². The van der Waals surface area contributed by atoms with Gasteiger partial charge in [0.1, 0.15) is 0 Å². The van der Waals surface area contributed by atoms with Crippen LogP contribution in [0, 0.1) is 12.8 Å². The number of carbonyl (C=O) groups excluding carboxylic acids is 1. The Morgan fingerprint density at radius 3 is 2.95 bits per heavy atom. The molecule has 0 aliphatic carbocycles. The van der Waals surface area contributed by atoms with Gasteiger partial charge in [0.25, 0.3) is 0 Å². The fraction of sp³-hybridized carbons (Fsp3) is 0.375. The normalized spacial score (nSPS) is 21.6. The van der Waals surface area contributed by atoms with Crippen molar-refractivity contribution in [3.05, 3.63) is 41.0 Å². The van der Waals surface area contributed by atoms with Crippen molar-refractivity contribution < 1.29 is 4.79 Å². The van der Waals surface area contributed by atoms with Crippen LogP contribution in [0.5, 0.6) is 0 Å². The lowest BCUT2D eigenvalue weighted by atomic mass is 9.93.